The van der Waals surface area contributed by atoms with Crippen molar-refractivity contribution in [1.82, 2.24) is 10.2 Å². The van der Waals surface area contributed by atoms with Crippen LogP contribution in [0.3, 0.4) is 0 Å². The summed E-state index contributed by atoms with van der Waals surface area (Å²) in [6, 6.07) is 0. The molecule has 1 saturated heterocycles. The van der Waals surface area contributed by atoms with E-state index in [0.717, 1.165) is 37.6 Å². The van der Waals surface area contributed by atoms with Crippen LogP contribution in [0.1, 0.15) is 66.2 Å². The molecule has 21 heavy (non-hydrogen) atoms. The smallest absolute Gasteiger partial charge is 0.0613 e. The number of likely N-dealkylation sites (tertiary alicyclic amines) is 1. The van der Waals surface area contributed by atoms with Gasteiger partial charge in [0.05, 0.1) is 6.61 Å². The van der Waals surface area contributed by atoms with Crippen LogP contribution in [0.5, 0.6) is 0 Å². The Hall–Kier alpha value is -0.120. The Bertz CT molecular complexity index is 256. The molecule has 0 aromatic rings. The number of piperidine rings is 1. The van der Waals surface area contributed by atoms with Gasteiger partial charge >= 0.3 is 0 Å². The fourth-order valence-corrected chi connectivity index (χ4v) is 3.51. The van der Waals surface area contributed by atoms with E-state index < -0.39 is 0 Å². The second kappa shape index (κ2) is 9.81. The van der Waals surface area contributed by atoms with E-state index in [1.807, 2.05) is 0 Å². The summed E-state index contributed by atoms with van der Waals surface area (Å²) in [5.41, 5.74) is -0.0493. The molecule has 0 aliphatic carbocycles. The summed E-state index contributed by atoms with van der Waals surface area (Å²) in [5, 5.41) is 13.3. The Morgan fingerprint density at radius 2 is 1.90 bits per heavy atom. The lowest BCUT2D eigenvalue weighted by Gasteiger charge is -2.36. The molecule has 0 aromatic heterocycles. The van der Waals surface area contributed by atoms with Crippen molar-refractivity contribution >= 4 is 0 Å². The molecule has 1 rings (SSSR count). The van der Waals surface area contributed by atoms with Gasteiger partial charge in [-0.15, -0.1) is 0 Å². The fourth-order valence-electron chi connectivity index (χ4n) is 3.51. The summed E-state index contributed by atoms with van der Waals surface area (Å²) < 4.78 is 0. The van der Waals surface area contributed by atoms with E-state index >= 15 is 0 Å². The van der Waals surface area contributed by atoms with Gasteiger partial charge in [-0.1, -0.05) is 27.7 Å². The van der Waals surface area contributed by atoms with Crippen LogP contribution in [-0.4, -0.2) is 48.3 Å². The summed E-state index contributed by atoms with van der Waals surface area (Å²) in [6.45, 7) is 14.1. The zero-order valence-electron chi connectivity index (χ0n) is 14.8. The van der Waals surface area contributed by atoms with Crippen LogP contribution in [0, 0.1) is 11.8 Å². The third kappa shape index (κ3) is 6.25. The van der Waals surface area contributed by atoms with Crippen molar-refractivity contribution < 1.29 is 5.11 Å². The third-order valence-electron chi connectivity index (χ3n) is 5.43. The summed E-state index contributed by atoms with van der Waals surface area (Å²) in [5.74, 6) is 1.77. The van der Waals surface area contributed by atoms with Gasteiger partial charge in [0.15, 0.2) is 0 Å². The Morgan fingerprint density at radius 3 is 2.38 bits per heavy atom. The number of nitrogens with one attached hydrogen (secondary N) is 1. The molecule has 1 atom stereocenters. The highest BCUT2D eigenvalue weighted by molar-refractivity contribution is 4.86. The Labute approximate surface area is 132 Å². The second-order valence-corrected chi connectivity index (χ2v) is 7.25. The van der Waals surface area contributed by atoms with Crippen LogP contribution in [0.25, 0.3) is 0 Å². The van der Waals surface area contributed by atoms with Crippen LogP contribution in [0.4, 0.5) is 0 Å². The maximum Gasteiger partial charge on any atom is 0.0613 e. The molecule has 3 nitrogen and oxygen atoms in total. The molecule has 2 N–H and O–H groups in total. The average molecular weight is 299 g/mol. The van der Waals surface area contributed by atoms with Gasteiger partial charge in [-0.3, -0.25) is 0 Å². The Kier molecular flexibility index (Phi) is 8.84. The second-order valence-electron chi connectivity index (χ2n) is 7.25. The lowest BCUT2D eigenvalue weighted by Crippen LogP contribution is -2.49. The highest BCUT2D eigenvalue weighted by atomic mass is 16.3. The van der Waals surface area contributed by atoms with Gasteiger partial charge in [-0.25, -0.2) is 0 Å². The van der Waals surface area contributed by atoms with Gasteiger partial charge in [-0.05, 0) is 76.5 Å². The van der Waals surface area contributed by atoms with Gasteiger partial charge in [-0.2, -0.15) is 0 Å². The topological polar surface area (TPSA) is 35.5 Å². The zero-order chi connectivity index (χ0) is 15.7. The number of hydrogen-bond acceptors (Lipinski definition) is 3. The number of aliphatic hydroxyl groups excluding tert-OH is 1. The SMILES string of the molecule is CCCNC(CC)(CO)CCCN1CCC(C(C)C)CC1. The minimum absolute atomic E-state index is 0.0493. The minimum Gasteiger partial charge on any atom is -0.394 e. The predicted molar refractivity (Wildman–Crippen MR) is 91.6 cm³/mol. The van der Waals surface area contributed by atoms with E-state index in [4.69, 9.17) is 0 Å². The molecule has 3 heteroatoms. The van der Waals surface area contributed by atoms with E-state index in [9.17, 15) is 5.11 Å². The number of hydrogen-bond donors (Lipinski definition) is 2. The van der Waals surface area contributed by atoms with E-state index in [2.05, 4.69) is 37.9 Å². The van der Waals surface area contributed by atoms with Crippen LogP contribution < -0.4 is 5.32 Å². The monoisotopic (exact) mass is 298 g/mol. The van der Waals surface area contributed by atoms with Crippen LogP contribution in [0.2, 0.25) is 0 Å². The van der Waals surface area contributed by atoms with E-state index in [1.165, 1.54) is 38.9 Å². The quantitative estimate of drug-likeness (QED) is 0.650. The third-order valence-corrected chi connectivity index (χ3v) is 5.43. The van der Waals surface area contributed by atoms with E-state index in [-0.39, 0.29) is 12.1 Å². The normalized spacial score (nSPS) is 20.9. The molecule has 0 saturated carbocycles. The summed E-state index contributed by atoms with van der Waals surface area (Å²) in [7, 11) is 0. The van der Waals surface area contributed by atoms with Crippen molar-refractivity contribution in [2.24, 2.45) is 11.8 Å². The lowest BCUT2D eigenvalue weighted by molar-refractivity contribution is 0.125. The summed E-state index contributed by atoms with van der Waals surface area (Å²) in [4.78, 5) is 2.62. The summed E-state index contributed by atoms with van der Waals surface area (Å²) in [6.07, 6.45) is 7.15. The molecule has 0 bridgehead atoms. The maximum absolute atomic E-state index is 9.76. The molecule has 1 aliphatic heterocycles. The minimum atomic E-state index is -0.0493. The standard InChI is InChI=1S/C18H38N2O/c1-5-11-19-18(6-2,15-21)10-7-12-20-13-8-17(9-14-20)16(3)4/h16-17,19,21H,5-15H2,1-4H3. The molecule has 0 amide bonds. The van der Waals surface area contributed by atoms with Crippen molar-refractivity contribution in [3.05, 3.63) is 0 Å². The Morgan fingerprint density at radius 1 is 1.24 bits per heavy atom. The van der Waals surface area contributed by atoms with Crippen LogP contribution in [-0.2, 0) is 0 Å². The average Bonchev–Trinajstić information content (AvgIpc) is 2.51. The lowest BCUT2D eigenvalue weighted by atomic mass is 9.86. The Balaban J connectivity index is 2.28. The van der Waals surface area contributed by atoms with E-state index in [1.54, 1.807) is 0 Å². The van der Waals surface area contributed by atoms with Crippen LogP contribution in [0.15, 0.2) is 0 Å². The van der Waals surface area contributed by atoms with E-state index in [0.29, 0.717) is 0 Å². The largest absolute Gasteiger partial charge is 0.394 e. The first-order chi connectivity index (χ1) is 10.1. The highest BCUT2D eigenvalue weighted by Gasteiger charge is 2.27. The van der Waals surface area contributed by atoms with Gasteiger partial charge in [0.25, 0.3) is 0 Å². The molecule has 1 heterocycles. The van der Waals surface area contributed by atoms with Crippen LogP contribution >= 0.6 is 0 Å². The maximum atomic E-state index is 9.76. The van der Waals surface area contributed by atoms with Gasteiger partial charge in [0.1, 0.15) is 0 Å². The van der Waals surface area contributed by atoms with Crippen molar-refractivity contribution in [3.63, 3.8) is 0 Å². The van der Waals surface area contributed by atoms with Gasteiger partial charge in [0.2, 0.25) is 0 Å². The van der Waals surface area contributed by atoms with Gasteiger partial charge in [0, 0.05) is 5.54 Å². The predicted octanol–water partition coefficient (Wildman–Crippen LogP) is 3.28. The number of aliphatic hydroxyl groups is 1. The zero-order valence-corrected chi connectivity index (χ0v) is 14.8. The van der Waals surface area contributed by atoms with Crippen molar-refractivity contribution in [2.75, 3.05) is 32.8 Å². The fraction of sp³-hybridized carbons (Fsp3) is 1.00. The van der Waals surface area contributed by atoms with Gasteiger partial charge < -0.3 is 15.3 Å². The van der Waals surface area contributed by atoms with Crippen molar-refractivity contribution in [1.29, 1.82) is 0 Å². The molecular weight excluding hydrogens is 260 g/mol. The molecule has 0 radical (unpaired) electrons. The molecule has 1 fully saturated rings. The molecule has 1 aliphatic rings. The molecule has 1 unspecified atom stereocenters. The highest BCUT2D eigenvalue weighted by Crippen LogP contribution is 2.25. The molecule has 0 aromatic carbocycles. The first-order valence-corrected chi connectivity index (χ1v) is 9.15. The first-order valence-electron chi connectivity index (χ1n) is 9.15. The first kappa shape index (κ1) is 18.9. The van der Waals surface area contributed by atoms with Crippen molar-refractivity contribution in [3.8, 4) is 0 Å². The number of nitrogens with zero attached hydrogens (tertiary/aromatic N) is 1. The number of rotatable bonds is 10. The van der Waals surface area contributed by atoms with Crippen molar-refractivity contribution in [2.45, 2.75) is 71.8 Å². The molecule has 0 spiro atoms. The molecule has 126 valence electrons. The molecular formula is C18H38N2O. The summed E-state index contributed by atoms with van der Waals surface area (Å²) >= 11 is 0.